The molecule has 2 aliphatic heterocycles. The first-order chi connectivity index (χ1) is 11.0. The standard InChI is InChI=1S/C17H14O6/c1-21-10-3-5-12-14(7-10)22-8-15-17(12,20)16(19)11-4-2-9(18)6-13(11)23-15/h2-7,15,18,20H,8H2,1H3/t15-,17-/m1/s1. The maximum Gasteiger partial charge on any atom is 0.206 e. The summed E-state index contributed by atoms with van der Waals surface area (Å²) in [6.07, 6.45) is -0.884. The van der Waals surface area contributed by atoms with Gasteiger partial charge in [0.2, 0.25) is 5.78 Å². The van der Waals surface area contributed by atoms with Crippen LogP contribution in [0.5, 0.6) is 23.0 Å². The van der Waals surface area contributed by atoms with Gasteiger partial charge in [-0.1, -0.05) is 0 Å². The van der Waals surface area contributed by atoms with Gasteiger partial charge in [0, 0.05) is 17.7 Å². The summed E-state index contributed by atoms with van der Waals surface area (Å²) < 4.78 is 16.5. The lowest BCUT2D eigenvalue weighted by atomic mass is 9.77. The Hall–Kier alpha value is -2.73. The van der Waals surface area contributed by atoms with Gasteiger partial charge in [-0.05, 0) is 24.3 Å². The smallest absolute Gasteiger partial charge is 0.206 e. The van der Waals surface area contributed by atoms with E-state index < -0.39 is 17.5 Å². The number of methoxy groups -OCH3 is 1. The summed E-state index contributed by atoms with van der Waals surface area (Å²) in [6.45, 7) is 0.0114. The van der Waals surface area contributed by atoms with Gasteiger partial charge in [-0.3, -0.25) is 4.79 Å². The molecule has 0 amide bonds. The summed E-state index contributed by atoms with van der Waals surface area (Å²) >= 11 is 0. The topological polar surface area (TPSA) is 85.2 Å². The first-order valence-corrected chi connectivity index (χ1v) is 7.12. The Kier molecular flexibility index (Phi) is 2.80. The van der Waals surface area contributed by atoms with E-state index in [0.717, 1.165) is 0 Å². The molecule has 0 fully saturated rings. The van der Waals surface area contributed by atoms with Crippen molar-refractivity contribution in [2.24, 2.45) is 0 Å². The van der Waals surface area contributed by atoms with Crippen LogP contribution in [0.4, 0.5) is 0 Å². The van der Waals surface area contributed by atoms with Gasteiger partial charge in [0.25, 0.3) is 0 Å². The Bertz CT molecular complexity index is 815. The van der Waals surface area contributed by atoms with Gasteiger partial charge in [-0.2, -0.15) is 0 Å². The fraction of sp³-hybridized carbons (Fsp3) is 0.235. The molecule has 23 heavy (non-hydrogen) atoms. The van der Waals surface area contributed by atoms with Gasteiger partial charge in [0.15, 0.2) is 11.7 Å². The third-order valence-corrected chi connectivity index (χ3v) is 4.28. The number of phenols is 1. The predicted octanol–water partition coefficient (Wildman–Crippen LogP) is 1.62. The number of Topliss-reactive ketones (excluding diaryl/α,β-unsaturated/α-hetero) is 1. The Labute approximate surface area is 131 Å². The number of ether oxygens (including phenoxy) is 3. The van der Waals surface area contributed by atoms with Crippen molar-refractivity contribution in [1.82, 2.24) is 0 Å². The van der Waals surface area contributed by atoms with Crippen molar-refractivity contribution in [2.75, 3.05) is 13.7 Å². The summed E-state index contributed by atoms with van der Waals surface area (Å²) in [7, 11) is 1.53. The van der Waals surface area contributed by atoms with Gasteiger partial charge in [0.1, 0.15) is 29.6 Å². The van der Waals surface area contributed by atoms with E-state index in [9.17, 15) is 15.0 Å². The van der Waals surface area contributed by atoms with Gasteiger partial charge in [0.05, 0.1) is 12.7 Å². The molecule has 2 aromatic carbocycles. The molecule has 0 saturated heterocycles. The van der Waals surface area contributed by atoms with Crippen molar-refractivity contribution in [3.8, 4) is 23.0 Å². The molecule has 0 spiro atoms. The highest BCUT2D eigenvalue weighted by Crippen LogP contribution is 2.46. The third-order valence-electron chi connectivity index (χ3n) is 4.28. The van der Waals surface area contributed by atoms with E-state index >= 15 is 0 Å². The highest BCUT2D eigenvalue weighted by atomic mass is 16.6. The van der Waals surface area contributed by atoms with E-state index in [1.807, 2.05) is 0 Å². The number of rotatable bonds is 1. The van der Waals surface area contributed by atoms with E-state index in [0.29, 0.717) is 17.1 Å². The average Bonchev–Trinajstić information content (AvgIpc) is 2.56. The van der Waals surface area contributed by atoms with E-state index in [-0.39, 0.29) is 23.7 Å². The molecule has 118 valence electrons. The quantitative estimate of drug-likeness (QED) is 0.832. The number of aliphatic hydroxyl groups is 1. The van der Waals surface area contributed by atoms with Crippen LogP contribution in [-0.4, -0.2) is 35.8 Å². The minimum absolute atomic E-state index is 0.0103. The maximum absolute atomic E-state index is 12.9. The molecule has 2 atom stereocenters. The zero-order valence-electron chi connectivity index (χ0n) is 12.3. The van der Waals surface area contributed by atoms with E-state index in [1.54, 1.807) is 18.2 Å². The Balaban J connectivity index is 1.88. The minimum atomic E-state index is -1.83. The zero-order valence-corrected chi connectivity index (χ0v) is 12.3. The molecule has 6 nitrogen and oxygen atoms in total. The lowest BCUT2D eigenvalue weighted by molar-refractivity contribution is -0.0799. The number of phenolic OH excluding ortho intramolecular Hbond substituents is 1. The lowest BCUT2D eigenvalue weighted by Gasteiger charge is -2.42. The number of benzene rings is 2. The summed E-state index contributed by atoms with van der Waals surface area (Å²) in [5.74, 6) is 0.718. The molecular formula is C17H14O6. The second-order valence-electron chi connectivity index (χ2n) is 5.56. The van der Waals surface area contributed by atoms with Crippen molar-refractivity contribution < 1.29 is 29.2 Å². The van der Waals surface area contributed by atoms with Crippen LogP contribution in [0.15, 0.2) is 36.4 Å². The Morgan fingerprint density at radius 3 is 2.83 bits per heavy atom. The molecule has 2 aliphatic rings. The number of hydrogen-bond acceptors (Lipinski definition) is 6. The molecule has 0 bridgehead atoms. The number of carbonyl (C=O) groups is 1. The van der Waals surface area contributed by atoms with Crippen LogP contribution in [0, 0.1) is 0 Å². The first kappa shape index (κ1) is 13.9. The lowest BCUT2D eigenvalue weighted by Crippen LogP contribution is -2.57. The highest BCUT2D eigenvalue weighted by Gasteiger charge is 2.55. The van der Waals surface area contributed by atoms with Crippen molar-refractivity contribution in [3.05, 3.63) is 47.5 Å². The second kappa shape index (κ2) is 4.63. The van der Waals surface area contributed by atoms with Crippen molar-refractivity contribution in [1.29, 1.82) is 0 Å². The number of hydrogen-bond donors (Lipinski definition) is 2. The van der Waals surface area contributed by atoms with Crippen molar-refractivity contribution in [2.45, 2.75) is 11.7 Å². The van der Waals surface area contributed by atoms with Crippen LogP contribution in [0.2, 0.25) is 0 Å². The largest absolute Gasteiger partial charge is 0.508 e. The number of fused-ring (bicyclic) bond motifs is 4. The van der Waals surface area contributed by atoms with Crippen LogP contribution in [0.25, 0.3) is 0 Å². The first-order valence-electron chi connectivity index (χ1n) is 7.12. The van der Waals surface area contributed by atoms with Crippen molar-refractivity contribution in [3.63, 3.8) is 0 Å². The molecule has 0 unspecified atom stereocenters. The van der Waals surface area contributed by atoms with Crippen molar-refractivity contribution >= 4 is 5.78 Å². The SMILES string of the molecule is COc1ccc2c(c1)OC[C@H]1Oc3cc(O)ccc3C(=O)[C@@]21O. The van der Waals surface area contributed by atoms with E-state index in [1.165, 1.54) is 25.3 Å². The molecule has 0 aromatic heterocycles. The zero-order chi connectivity index (χ0) is 16.2. The summed E-state index contributed by atoms with van der Waals surface area (Å²) in [6, 6.07) is 9.08. The fourth-order valence-corrected chi connectivity index (χ4v) is 3.07. The molecule has 2 heterocycles. The van der Waals surface area contributed by atoms with Crippen LogP contribution in [0.3, 0.4) is 0 Å². The molecule has 4 rings (SSSR count). The minimum Gasteiger partial charge on any atom is -0.508 e. The van der Waals surface area contributed by atoms with Gasteiger partial charge >= 0.3 is 0 Å². The van der Waals surface area contributed by atoms with Crippen LogP contribution >= 0.6 is 0 Å². The average molecular weight is 314 g/mol. The van der Waals surface area contributed by atoms with Crippen LogP contribution in [-0.2, 0) is 5.60 Å². The number of ketones is 1. The maximum atomic E-state index is 12.9. The third kappa shape index (κ3) is 1.82. The molecule has 0 radical (unpaired) electrons. The van der Waals surface area contributed by atoms with Gasteiger partial charge < -0.3 is 24.4 Å². The number of aromatic hydroxyl groups is 1. The van der Waals surface area contributed by atoms with Crippen LogP contribution < -0.4 is 14.2 Å². The molecule has 0 aliphatic carbocycles. The molecule has 2 aromatic rings. The normalized spacial score (nSPS) is 24.6. The molecular weight excluding hydrogens is 300 g/mol. The van der Waals surface area contributed by atoms with E-state index in [2.05, 4.69) is 0 Å². The number of carbonyl (C=O) groups excluding carboxylic acids is 1. The highest BCUT2D eigenvalue weighted by molar-refractivity contribution is 6.07. The summed E-state index contributed by atoms with van der Waals surface area (Å²) in [5, 5.41) is 20.7. The van der Waals surface area contributed by atoms with Gasteiger partial charge in [-0.25, -0.2) is 0 Å². The molecule has 0 saturated carbocycles. The Morgan fingerprint density at radius 1 is 1.22 bits per heavy atom. The fourth-order valence-electron chi connectivity index (χ4n) is 3.07. The second-order valence-corrected chi connectivity index (χ2v) is 5.56. The van der Waals surface area contributed by atoms with Crippen LogP contribution in [0.1, 0.15) is 15.9 Å². The summed E-state index contributed by atoms with van der Waals surface area (Å²) in [5.41, 5.74) is -1.26. The molecule has 2 N–H and O–H groups in total. The predicted molar refractivity (Wildman–Crippen MR) is 79.2 cm³/mol. The monoisotopic (exact) mass is 314 g/mol. The van der Waals surface area contributed by atoms with Gasteiger partial charge in [-0.15, -0.1) is 0 Å². The molecule has 6 heteroatoms. The Morgan fingerprint density at radius 2 is 2.04 bits per heavy atom. The van der Waals surface area contributed by atoms with E-state index in [4.69, 9.17) is 14.2 Å². The summed E-state index contributed by atoms with van der Waals surface area (Å²) in [4.78, 5) is 12.9.